The summed E-state index contributed by atoms with van der Waals surface area (Å²) < 4.78 is 1.10. The van der Waals surface area contributed by atoms with Gasteiger partial charge in [-0.05, 0) is 26.3 Å². The maximum absolute atomic E-state index is 10.9. The van der Waals surface area contributed by atoms with Gasteiger partial charge in [0.05, 0.1) is 6.20 Å². The minimum atomic E-state index is -0.782. The molecule has 0 aliphatic heterocycles. The van der Waals surface area contributed by atoms with Crippen molar-refractivity contribution in [3.63, 3.8) is 0 Å². The molecule has 0 saturated carbocycles. The molecule has 1 heterocycles. The van der Waals surface area contributed by atoms with Crippen LogP contribution in [0.4, 0.5) is 0 Å². The third-order valence-electron chi connectivity index (χ3n) is 2.13. The van der Waals surface area contributed by atoms with Crippen LogP contribution in [0, 0.1) is 0 Å². The molecule has 0 fully saturated rings. The Labute approximate surface area is 93.7 Å². The Kier molecular flexibility index (Phi) is 3.79. The zero-order valence-electron chi connectivity index (χ0n) is 9.23. The monoisotopic (exact) mass is 228 g/mol. The number of hydrogen-bond donors (Lipinski definition) is 1. The van der Waals surface area contributed by atoms with Crippen LogP contribution in [-0.4, -0.2) is 25.6 Å². The van der Waals surface area contributed by atoms with Crippen LogP contribution in [-0.2, 0) is 17.1 Å². The maximum atomic E-state index is 10.9. The van der Waals surface area contributed by atoms with Gasteiger partial charge in [0, 0.05) is 18.5 Å². The second-order valence-corrected chi connectivity index (χ2v) is 5.41. The number of carboxylic acid groups (broad SMARTS) is 1. The van der Waals surface area contributed by atoms with Crippen molar-refractivity contribution >= 4 is 17.7 Å². The van der Waals surface area contributed by atoms with Crippen LogP contribution in [0.3, 0.4) is 0 Å². The van der Waals surface area contributed by atoms with Crippen LogP contribution >= 0.6 is 11.8 Å². The molecule has 0 saturated heterocycles. The van der Waals surface area contributed by atoms with E-state index >= 15 is 0 Å². The number of carboxylic acids is 1. The first-order chi connectivity index (χ1) is 6.95. The van der Waals surface area contributed by atoms with Gasteiger partial charge in [0.25, 0.3) is 0 Å². The Bertz CT molecular complexity index is 347. The smallest absolute Gasteiger partial charge is 0.319 e. The number of thioether (sulfide) groups is 1. The first-order valence-corrected chi connectivity index (χ1v) is 5.83. The summed E-state index contributed by atoms with van der Waals surface area (Å²) in [7, 11) is 0. The van der Waals surface area contributed by atoms with E-state index in [0.29, 0.717) is 5.75 Å². The molecule has 5 heteroatoms. The highest BCUT2D eigenvalue weighted by molar-refractivity contribution is 8.00. The van der Waals surface area contributed by atoms with E-state index in [1.807, 2.05) is 17.8 Å². The molecule has 0 aliphatic rings. The largest absolute Gasteiger partial charge is 0.480 e. The van der Waals surface area contributed by atoms with E-state index in [9.17, 15) is 4.79 Å². The highest BCUT2D eigenvalue weighted by atomic mass is 32.2. The molecule has 0 aromatic carbocycles. The summed E-state index contributed by atoms with van der Waals surface area (Å²) in [5, 5.41) is 13.1. The fourth-order valence-corrected chi connectivity index (χ4v) is 1.78. The number of aliphatic carboxylic acids is 1. The van der Waals surface area contributed by atoms with Crippen LogP contribution in [0.1, 0.15) is 26.3 Å². The average molecular weight is 228 g/mol. The third kappa shape index (κ3) is 3.27. The third-order valence-corrected chi connectivity index (χ3v) is 3.50. The molecule has 1 aromatic heterocycles. The lowest BCUT2D eigenvalue weighted by Crippen LogP contribution is -2.27. The molecule has 0 amide bonds. The molecule has 0 unspecified atom stereocenters. The van der Waals surface area contributed by atoms with Crippen LogP contribution < -0.4 is 0 Å². The lowest BCUT2D eigenvalue weighted by Gasteiger charge is -2.17. The Morgan fingerprint density at radius 1 is 1.67 bits per heavy atom. The van der Waals surface area contributed by atoms with E-state index in [1.54, 1.807) is 20.0 Å². The van der Waals surface area contributed by atoms with Gasteiger partial charge in [-0.2, -0.15) is 5.10 Å². The Hall–Kier alpha value is -0.970. The van der Waals surface area contributed by atoms with Gasteiger partial charge in [-0.1, -0.05) is 0 Å². The molecule has 1 aromatic rings. The zero-order chi connectivity index (χ0) is 11.5. The molecule has 0 spiro atoms. The van der Waals surface area contributed by atoms with Gasteiger partial charge in [-0.25, -0.2) is 0 Å². The van der Waals surface area contributed by atoms with Crippen LogP contribution in [0.2, 0.25) is 0 Å². The fraction of sp³-hybridized carbons (Fsp3) is 0.600. The number of aromatic nitrogens is 2. The molecular formula is C10H16N2O2S. The summed E-state index contributed by atoms with van der Waals surface area (Å²) in [6.45, 7) is 6.28. The van der Waals surface area contributed by atoms with Gasteiger partial charge in [0.15, 0.2) is 0 Å². The van der Waals surface area contributed by atoms with Crippen molar-refractivity contribution in [2.75, 3.05) is 0 Å². The van der Waals surface area contributed by atoms with E-state index in [0.717, 1.165) is 12.1 Å². The van der Waals surface area contributed by atoms with Gasteiger partial charge in [0.2, 0.25) is 0 Å². The molecule has 0 bridgehead atoms. The van der Waals surface area contributed by atoms with Crippen molar-refractivity contribution in [2.24, 2.45) is 0 Å². The van der Waals surface area contributed by atoms with Crippen LogP contribution in [0.25, 0.3) is 0 Å². The molecule has 0 atom stereocenters. The van der Waals surface area contributed by atoms with E-state index in [2.05, 4.69) is 5.10 Å². The quantitative estimate of drug-likeness (QED) is 0.837. The number of aryl methyl sites for hydroxylation is 1. The Morgan fingerprint density at radius 2 is 2.33 bits per heavy atom. The van der Waals surface area contributed by atoms with Crippen molar-refractivity contribution < 1.29 is 9.90 Å². The summed E-state index contributed by atoms with van der Waals surface area (Å²) in [5.74, 6) is -0.102. The molecule has 15 heavy (non-hydrogen) atoms. The summed E-state index contributed by atoms with van der Waals surface area (Å²) >= 11 is 1.41. The summed E-state index contributed by atoms with van der Waals surface area (Å²) in [6.07, 6.45) is 3.74. The van der Waals surface area contributed by atoms with Gasteiger partial charge < -0.3 is 5.11 Å². The minimum absolute atomic E-state index is 0.680. The maximum Gasteiger partial charge on any atom is 0.319 e. The van der Waals surface area contributed by atoms with Crippen LogP contribution in [0.5, 0.6) is 0 Å². The standard InChI is InChI=1S/C10H16N2O2S/c1-4-12-6-8(5-11-12)7-15-10(2,3)9(13)14/h5-6H,4,7H2,1-3H3,(H,13,14). The lowest BCUT2D eigenvalue weighted by atomic mass is 10.2. The second-order valence-electron chi connectivity index (χ2n) is 3.81. The van der Waals surface area contributed by atoms with E-state index in [4.69, 9.17) is 5.11 Å². The number of rotatable bonds is 5. The zero-order valence-corrected chi connectivity index (χ0v) is 10.0. The Balaban J connectivity index is 2.53. The highest BCUT2D eigenvalue weighted by Crippen LogP contribution is 2.27. The first kappa shape index (κ1) is 12.1. The molecule has 0 radical (unpaired) electrons. The molecule has 4 nitrogen and oxygen atoms in total. The predicted octanol–water partition coefficient (Wildman–Crippen LogP) is 2.00. The second kappa shape index (κ2) is 4.70. The first-order valence-electron chi connectivity index (χ1n) is 4.84. The highest BCUT2D eigenvalue weighted by Gasteiger charge is 2.27. The minimum Gasteiger partial charge on any atom is -0.480 e. The van der Waals surface area contributed by atoms with Gasteiger partial charge in [-0.3, -0.25) is 9.48 Å². The van der Waals surface area contributed by atoms with Crippen molar-refractivity contribution in [1.29, 1.82) is 0 Å². The number of nitrogens with zero attached hydrogens (tertiary/aromatic N) is 2. The van der Waals surface area contributed by atoms with Gasteiger partial charge in [-0.15, -0.1) is 11.8 Å². The van der Waals surface area contributed by atoms with Gasteiger partial charge in [0.1, 0.15) is 4.75 Å². The van der Waals surface area contributed by atoms with E-state index in [-0.39, 0.29) is 0 Å². The van der Waals surface area contributed by atoms with Crippen molar-refractivity contribution in [3.05, 3.63) is 18.0 Å². The fourth-order valence-electron chi connectivity index (χ4n) is 0.979. The van der Waals surface area contributed by atoms with Crippen molar-refractivity contribution in [2.45, 2.75) is 37.8 Å². The number of carbonyl (C=O) groups is 1. The summed E-state index contributed by atoms with van der Waals surface area (Å²) in [4.78, 5) is 10.9. The average Bonchev–Trinajstić information content (AvgIpc) is 2.62. The van der Waals surface area contributed by atoms with Crippen LogP contribution in [0.15, 0.2) is 12.4 Å². The lowest BCUT2D eigenvalue weighted by molar-refractivity contribution is -0.138. The van der Waals surface area contributed by atoms with Crippen molar-refractivity contribution in [3.8, 4) is 0 Å². The summed E-state index contributed by atoms with van der Waals surface area (Å²) in [6, 6.07) is 0. The molecule has 0 aliphatic carbocycles. The molecular weight excluding hydrogens is 212 g/mol. The van der Waals surface area contributed by atoms with Crippen molar-refractivity contribution in [1.82, 2.24) is 9.78 Å². The summed E-state index contributed by atoms with van der Waals surface area (Å²) in [5.41, 5.74) is 1.07. The normalized spacial score (nSPS) is 11.7. The predicted molar refractivity (Wildman–Crippen MR) is 60.9 cm³/mol. The van der Waals surface area contributed by atoms with E-state index < -0.39 is 10.7 Å². The topological polar surface area (TPSA) is 55.1 Å². The molecule has 84 valence electrons. The molecule has 1 rings (SSSR count). The van der Waals surface area contributed by atoms with E-state index in [1.165, 1.54) is 11.8 Å². The van der Waals surface area contributed by atoms with Gasteiger partial charge >= 0.3 is 5.97 Å². The Morgan fingerprint density at radius 3 is 2.80 bits per heavy atom. The number of hydrogen-bond acceptors (Lipinski definition) is 3. The molecule has 1 N–H and O–H groups in total. The SMILES string of the molecule is CCn1cc(CSC(C)(C)C(=O)O)cn1.